The normalized spacial score (nSPS) is 13.0. The first-order chi connectivity index (χ1) is 7.34. The monoisotopic (exact) mass is 230 g/mol. The van der Waals surface area contributed by atoms with E-state index in [2.05, 4.69) is 4.99 Å². The minimum absolute atomic E-state index is 0.232. The fourth-order valence-corrected chi connectivity index (χ4v) is 1.16. The third-order valence-corrected chi connectivity index (χ3v) is 2.14. The van der Waals surface area contributed by atoms with Gasteiger partial charge >= 0.3 is 6.18 Å². The van der Waals surface area contributed by atoms with Crippen molar-refractivity contribution in [1.82, 2.24) is 0 Å². The molecule has 0 spiro atoms. The topological polar surface area (TPSA) is 38.4 Å². The average molecular weight is 230 g/mol. The van der Waals surface area contributed by atoms with Gasteiger partial charge in [0.25, 0.3) is 0 Å². The molecule has 0 aliphatic rings. The highest BCUT2D eigenvalue weighted by atomic mass is 19.4. The van der Waals surface area contributed by atoms with Gasteiger partial charge in [-0.05, 0) is 31.5 Å². The van der Waals surface area contributed by atoms with Gasteiger partial charge in [0.2, 0.25) is 0 Å². The minimum Gasteiger partial charge on any atom is -0.325 e. The maximum Gasteiger partial charge on any atom is 0.416 e. The average Bonchev–Trinajstić information content (AvgIpc) is 2.19. The van der Waals surface area contributed by atoms with Crippen molar-refractivity contribution in [2.75, 3.05) is 6.54 Å². The number of nitrogens with zero attached hydrogens (tertiary/aromatic N) is 1. The first kappa shape index (κ1) is 12.7. The van der Waals surface area contributed by atoms with Gasteiger partial charge in [-0.2, -0.15) is 13.2 Å². The first-order valence-corrected chi connectivity index (χ1v) is 4.76. The summed E-state index contributed by atoms with van der Waals surface area (Å²) in [6.07, 6.45) is -4.34. The lowest BCUT2D eigenvalue weighted by molar-refractivity contribution is -0.137. The predicted molar refractivity (Wildman–Crippen MR) is 58.0 cm³/mol. The lowest BCUT2D eigenvalue weighted by Crippen LogP contribution is -2.09. The van der Waals surface area contributed by atoms with Crippen LogP contribution < -0.4 is 5.73 Å². The smallest absolute Gasteiger partial charge is 0.325 e. The van der Waals surface area contributed by atoms with Crippen molar-refractivity contribution in [2.24, 2.45) is 10.7 Å². The standard InChI is InChI=1S/C11H13F3N2/c1-7-3-4-9(11(12,13)14)5-10(7)16-8(2)6-15/h3-5H,6,15H2,1-2H3. The molecule has 2 nitrogen and oxygen atoms in total. The number of halogens is 3. The molecule has 0 saturated carbocycles. The Bertz CT molecular complexity index is 408. The van der Waals surface area contributed by atoms with E-state index in [1.165, 1.54) is 6.07 Å². The van der Waals surface area contributed by atoms with E-state index in [0.29, 0.717) is 17.0 Å². The molecule has 0 atom stereocenters. The second-order valence-corrected chi connectivity index (χ2v) is 3.55. The number of rotatable bonds is 2. The molecule has 0 aromatic heterocycles. The van der Waals surface area contributed by atoms with E-state index in [1.807, 2.05) is 0 Å². The van der Waals surface area contributed by atoms with E-state index >= 15 is 0 Å². The molecular formula is C11H13F3N2. The molecule has 16 heavy (non-hydrogen) atoms. The Morgan fingerprint density at radius 2 is 2.00 bits per heavy atom. The molecule has 1 aromatic rings. The first-order valence-electron chi connectivity index (χ1n) is 4.76. The number of benzene rings is 1. The van der Waals surface area contributed by atoms with Crippen LogP contribution in [0.2, 0.25) is 0 Å². The third kappa shape index (κ3) is 3.06. The molecular weight excluding hydrogens is 217 g/mol. The number of nitrogens with two attached hydrogens (primary N) is 1. The van der Waals surface area contributed by atoms with Gasteiger partial charge in [-0.25, -0.2) is 0 Å². The zero-order valence-electron chi connectivity index (χ0n) is 9.10. The van der Waals surface area contributed by atoms with Gasteiger partial charge in [0.05, 0.1) is 11.3 Å². The van der Waals surface area contributed by atoms with Crippen LogP contribution in [0.3, 0.4) is 0 Å². The fourth-order valence-electron chi connectivity index (χ4n) is 1.16. The number of aryl methyl sites for hydroxylation is 1. The van der Waals surface area contributed by atoms with Gasteiger partial charge in [0.15, 0.2) is 0 Å². The maximum atomic E-state index is 12.4. The Balaban J connectivity index is 3.19. The van der Waals surface area contributed by atoms with Crippen molar-refractivity contribution in [3.8, 4) is 0 Å². The molecule has 0 saturated heterocycles. The molecule has 5 heteroatoms. The lowest BCUT2D eigenvalue weighted by Gasteiger charge is -2.09. The number of alkyl halides is 3. The summed E-state index contributed by atoms with van der Waals surface area (Å²) in [6.45, 7) is 3.62. The Labute approximate surface area is 92.0 Å². The molecule has 0 aliphatic carbocycles. The predicted octanol–water partition coefficient (Wildman–Crippen LogP) is 3.06. The van der Waals surface area contributed by atoms with Gasteiger partial charge in [0.1, 0.15) is 0 Å². The largest absolute Gasteiger partial charge is 0.416 e. The number of hydrogen-bond acceptors (Lipinski definition) is 2. The summed E-state index contributed by atoms with van der Waals surface area (Å²) >= 11 is 0. The minimum atomic E-state index is -4.34. The van der Waals surface area contributed by atoms with E-state index in [9.17, 15) is 13.2 Å². The molecule has 1 aromatic carbocycles. The van der Waals surface area contributed by atoms with Crippen LogP contribution in [0.1, 0.15) is 18.1 Å². The molecule has 2 N–H and O–H groups in total. The Kier molecular flexibility index (Phi) is 3.70. The van der Waals surface area contributed by atoms with E-state index in [4.69, 9.17) is 5.73 Å². The highest BCUT2D eigenvalue weighted by Crippen LogP contribution is 2.32. The van der Waals surface area contributed by atoms with Gasteiger partial charge < -0.3 is 5.73 Å². The van der Waals surface area contributed by atoms with Crippen LogP contribution in [0.25, 0.3) is 0 Å². The van der Waals surface area contributed by atoms with Crippen LogP contribution in [0.4, 0.5) is 18.9 Å². The number of hydrogen-bond donors (Lipinski definition) is 1. The molecule has 0 amide bonds. The van der Waals surface area contributed by atoms with E-state index in [1.54, 1.807) is 13.8 Å². The summed E-state index contributed by atoms with van der Waals surface area (Å²) in [5.41, 5.74) is 6.26. The van der Waals surface area contributed by atoms with Crippen molar-refractivity contribution < 1.29 is 13.2 Å². The van der Waals surface area contributed by atoms with E-state index in [0.717, 1.165) is 12.1 Å². The van der Waals surface area contributed by atoms with Crippen molar-refractivity contribution in [2.45, 2.75) is 20.0 Å². The zero-order chi connectivity index (χ0) is 12.3. The Hall–Kier alpha value is -1.36. The van der Waals surface area contributed by atoms with Crippen LogP contribution in [0.5, 0.6) is 0 Å². The van der Waals surface area contributed by atoms with Crippen molar-refractivity contribution in [3.05, 3.63) is 29.3 Å². The SMILES string of the molecule is CC(CN)=Nc1cc(C(F)(F)F)ccc1C. The summed E-state index contributed by atoms with van der Waals surface area (Å²) in [4.78, 5) is 4.04. The summed E-state index contributed by atoms with van der Waals surface area (Å²) in [5.74, 6) is 0. The lowest BCUT2D eigenvalue weighted by atomic mass is 10.1. The van der Waals surface area contributed by atoms with Gasteiger partial charge in [-0.3, -0.25) is 4.99 Å². The van der Waals surface area contributed by atoms with E-state index < -0.39 is 11.7 Å². The molecule has 88 valence electrons. The highest BCUT2D eigenvalue weighted by molar-refractivity contribution is 5.86. The van der Waals surface area contributed by atoms with Crippen molar-refractivity contribution >= 4 is 11.4 Å². The van der Waals surface area contributed by atoms with Gasteiger partial charge in [0, 0.05) is 12.3 Å². The van der Waals surface area contributed by atoms with Crippen LogP contribution in [-0.2, 0) is 6.18 Å². The molecule has 1 rings (SSSR count). The molecule has 0 unspecified atom stereocenters. The van der Waals surface area contributed by atoms with Crippen LogP contribution >= 0.6 is 0 Å². The van der Waals surface area contributed by atoms with Crippen molar-refractivity contribution in [3.63, 3.8) is 0 Å². The van der Waals surface area contributed by atoms with Crippen LogP contribution in [0, 0.1) is 6.92 Å². The zero-order valence-corrected chi connectivity index (χ0v) is 9.10. The van der Waals surface area contributed by atoms with Gasteiger partial charge in [-0.15, -0.1) is 0 Å². The summed E-state index contributed by atoms with van der Waals surface area (Å²) < 4.78 is 37.3. The molecule has 0 aliphatic heterocycles. The molecule has 0 fully saturated rings. The Morgan fingerprint density at radius 3 is 2.50 bits per heavy atom. The molecule has 0 heterocycles. The third-order valence-electron chi connectivity index (χ3n) is 2.14. The Morgan fingerprint density at radius 1 is 1.38 bits per heavy atom. The van der Waals surface area contributed by atoms with Crippen LogP contribution in [0.15, 0.2) is 23.2 Å². The van der Waals surface area contributed by atoms with Gasteiger partial charge in [-0.1, -0.05) is 6.07 Å². The van der Waals surface area contributed by atoms with E-state index in [-0.39, 0.29) is 6.54 Å². The molecule has 0 bridgehead atoms. The second kappa shape index (κ2) is 4.65. The maximum absolute atomic E-state index is 12.4. The number of aliphatic imine (C=N–C) groups is 1. The fraction of sp³-hybridized carbons (Fsp3) is 0.364. The second-order valence-electron chi connectivity index (χ2n) is 3.55. The quantitative estimate of drug-likeness (QED) is 0.779. The van der Waals surface area contributed by atoms with Crippen LogP contribution in [-0.4, -0.2) is 12.3 Å². The summed E-state index contributed by atoms with van der Waals surface area (Å²) in [5, 5.41) is 0. The molecule has 0 radical (unpaired) electrons. The van der Waals surface area contributed by atoms with Crippen molar-refractivity contribution in [1.29, 1.82) is 0 Å². The summed E-state index contributed by atoms with van der Waals surface area (Å²) in [7, 11) is 0. The summed E-state index contributed by atoms with van der Waals surface area (Å²) in [6, 6.07) is 3.49. The highest BCUT2D eigenvalue weighted by Gasteiger charge is 2.30.